The molecule has 1 aliphatic rings. The number of carbonyl (C=O) groups is 1. The van der Waals surface area contributed by atoms with Gasteiger partial charge in [-0.15, -0.1) is 6.58 Å². The van der Waals surface area contributed by atoms with Gasteiger partial charge in [-0.25, -0.2) is 4.98 Å². The third kappa shape index (κ3) is 3.75. The van der Waals surface area contributed by atoms with Crippen LogP contribution in [-0.4, -0.2) is 42.0 Å². The van der Waals surface area contributed by atoms with E-state index >= 15 is 0 Å². The molecule has 116 valence electrons. The Morgan fingerprint density at radius 3 is 2.81 bits per heavy atom. The van der Waals surface area contributed by atoms with Crippen LogP contribution in [0.15, 0.2) is 12.7 Å². The zero-order valence-corrected chi connectivity index (χ0v) is 13.5. The Balaban J connectivity index is 2.16. The summed E-state index contributed by atoms with van der Waals surface area (Å²) in [5.74, 6) is 0.325. The molecule has 6 heteroatoms. The molecule has 0 unspecified atom stereocenters. The minimum Gasteiger partial charge on any atom is -0.382 e. The minimum atomic E-state index is -0.0324. The quantitative estimate of drug-likeness (QED) is 0.821. The number of anilines is 2. The van der Waals surface area contributed by atoms with Gasteiger partial charge in [-0.2, -0.15) is 0 Å². The van der Waals surface area contributed by atoms with E-state index in [1.807, 2.05) is 0 Å². The van der Waals surface area contributed by atoms with Crippen LogP contribution in [0, 0.1) is 0 Å². The maximum absolute atomic E-state index is 12.6. The molecule has 1 fully saturated rings. The molecular formula is C15H24N4OS. The van der Waals surface area contributed by atoms with Gasteiger partial charge in [-0.3, -0.25) is 4.79 Å². The number of piperidine rings is 1. The van der Waals surface area contributed by atoms with Gasteiger partial charge >= 0.3 is 0 Å². The smallest absolute Gasteiger partial charge is 0.268 e. The van der Waals surface area contributed by atoms with Gasteiger partial charge in [0.05, 0.1) is 0 Å². The summed E-state index contributed by atoms with van der Waals surface area (Å²) in [7, 11) is 0. The van der Waals surface area contributed by atoms with Gasteiger partial charge in [0, 0.05) is 26.2 Å². The van der Waals surface area contributed by atoms with E-state index in [9.17, 15) is 4.79 Å². The molecule has 1 saturated heterocycles. The maximum Gasteiger partial charge on any atom is 0.268 e. The Kier molecular flexibility index (Phi) is 5.61. The third-order valence-corrected chi connectivity index (χ3v) is 4.71. The molecule has 1 aliphatic heterocycles. The Morgan fingerprint density at radius 2 is 2.19 bits per heavy atom. The molecule has 2 N–H and O–H groups in total. The summed E-state index contributed by atoms with van der Waals surface area (Å²) >= 11 is 1.42. The molecule has 5 nitrogen and oxygen atoms in total. The number of aromatic nitrogens is 1. The first-order valence-corrected chi connectivity index (χ1v) is 8.40. The van der Waals surface area contributed by atoms with Gasteiger partial charge in [0.25, 0.3) is 5.91 Å². The van der Waals surface area contributed by atoms with Crippen molar-refractivity contribution in [2.45, 2.75) is 32.6 Å². The standard InChI is InChI=1S/C15H24N4OS/c1-3-8-18(9-4-2)14(20)12-13(16)17-15(21-12)19-10-6-5-7-11-19/h3H,1,4-11,16H2,2H3. The zero-order valence-electron chi connectivity index (χ0n) is 12.7. The average Bonchev–Trinajstić information content (AvgIpc) is 2.89. The monoisotopic (exact) mass is 308 g/mol. The molecule has 21 heavy (non-hydrogen) atoms. The second-order valence-corrected chi connectivity index (χ2v) is 6.28. The molecule has 0 spiro atoms. The van der Waals surface area contributed by atoms with Crippen molar-refractivity contribution in [3.8, 4) is 0 Å². The summed E-state index contributed by atoms with van der Waals surface area (Å²) in [4.78, 5) is 21.6. The summed E-state index contributed by atoms with van der Waals surface area (Å²) in [6.45, 7) is 9.03. The maximum atomic E-state index is 12.6. The largest absolute Gasteiger partial charge is 0.382 e. The number of carbonyl (C=O) groups excluding carboxylic acids is 1. The van der Waals surface area contributed by atoms with Gasteiger partial charge < -0.3 is 15.5 Å². The first-order chi connectivity index (χ1) is 10.2. The van der Waals surface area contributed by atoms with Crippen molar-refractivity contribution in [1.82, 2.24) is 9.88 Å². The van der Waals surface area contributed by atoms with Crippen LogP contribution in [0.2, 0.25) is 0 Å². The number of nitrogen functional groups attached to an aromatic ring is 1. The van der Waals surface area contributed by atoms with Crippen LogP contribution in [0.1, 0.15) is 42.3 Å². The van der Waals surface area contributed by atoms with Crippen molar-refractivity contribution >= 4 is 28.2 Å². The van der Waals surface area contributed by atoms with Crippen molar-refractivity contribution in [3.63, 3.8) is 0 Å². The molecule has 1 aromatic heterocycles. The van der Waals surface area contributed by atoms with Crippen LogP contribution < -0.4 is 10.6 Å². The van der Waals surface area contributed by atoms with Crippen molar-refractivity contribution < 1.29 is 4.79 Å². The van der Waals surface area contributed by atoms with E-state index in [-0.39, 0.29) is 5.91 Å². The zero-order chi connectivity index (χ0) is 15.2. The molecule has 0 saturated carbocycles. The molecule has 1 aromatic rings. The first kappa shape index (κ1) is 15.8. The summed E-state index contributed by atoms with van der Waals surface area (Å²) in [6.07, 6.45) is 6.29. The highest BCUT2D eigenvalue weighted by molar-refractivity contribution is 7.18. The fraction of sp³-hybridized carbons (Fsp3) is 0.600. The molecule has 2 heterocycles. The molecule has 0 aliphatic carbocycles. The molecule has 1 amide bonds. The van der Waals surface area contributed by atoms with Crippen LogP contribution >= 0.6 is 11.3 Å². The summed E-state index contributed by atoms with van der Waals surface area (Å²) in [6, 6.07) is 0. The van der Waals surface area contributed by atoms with E-state index in [0.29, 0.717) is 23.8 Å². The third-order valence-electron chi connectivity index (χ3n) is 3.59. The number of nitrogens with two attached hydrogens (primary N) is 1. The van der Waals surface area contributed by atoms with Crippen LogP contribution in [0.25, 0.3) is 0 Å². The molecule has 0 radical (unpaired) electrons. The predicted molar refractivity (Wildman–Crippen MR) is 89.0 cm³/mol. The first-order valence-electron chi connectivity index (χ1n) is 7.58. The molecule has 2 rings (SSSR count). The summed E-state index contributed by atoms with van der Waals surface area (Å²) in [5.41, 5.74) is 5.98. The Morgan fingerprint density at radius 1 is 1.48 bits per heavy atom. The number of nitrogens with zero attached hydrogens (tertiary/aromatic N) is 3. The lowest BCUT2D eigenvalue weighted by molar-refractivity contribution is 0.0779. The fourth-order valence-electron chi connectivity index (χ4n) is 2.54. The Labute approximate surface area is 130 Å². The topological polar surface area (TPSA) is 62.5 Å². The molecule has 0 aromatic carbocycles. The lowest BCUT2D eigenvalue weighted by Gasteiger charge is -2.25. The Hall–Kier alpha value is -1.56. The van der Waals surface area contributed by atoms with Crippen molar-refractivity contribution in [2.24, 2.45) is 0 Å². The lowest BCUT2D eigenvalue weighted by atomic mass is 10.1. The van der Waals surface area contributed by atoms with Crippen LogP contribution in [-0.2, 0) is 0 Å². The Bertz CT molecular complexity index is 494. The minimum absolute atomic E-state index is 0.0324. The second kappa shape index (κ2) is 7.45. The summed E-state index contributed by atoms with van der Waals surface area (Å²) < 4.78 is 0. The van der Waals surface area contributed by atoms with E-state index in [1.54, 1.807) is 11.0 Å². The predicted octanol–water partition coefficient (Wildman–Crippen LogP) is 2.75. The van der Waals surface area contributed by atoms with Gasteiger partial charge in [0.2, 0.25) is 0 Å². The van der Waals surface area contributed by atoms with E-state index in [1.165, 1.54) is 30.6 Å². The van der Waals surface area contributed by atoms with Crippen LogP contribution in [0.4, 0.5) is 10.9 Å². The fourth-order valence-corrected chi connectivity index (χ4v) is 3.54. The van der Waals surface area contributed by atoms with Crippen LogP contribution in [0.5, 0.6) is 0 Å². The van der Waals surface area contributed by atoms with Crippen molar-refractivity contribution in [1.29, 1.82) is 0 Å². The highest BCUT2D eigenvalue weighted by atomic mass is 32.1. The summed E-state index contributed by atoms with van der Waals surface area (Å²) in [5, 5.41) is 0.880. The van der Waals surface area contributed by atoms with E-state index < -0.39 is 0 Å². The van der Waals surface area contributed by atoms with Gasteiger partial charge in [0.1, 0.15) is 10.7 Å². The molecule has 0 bridgehead atoms. The van der Waals surface area contributed by atoms with Crippen LogP contribution in [0.3, 0.4) is 0 Å². The highest BCUT2D eigenvalue weighted by Gasteiger charge is 2.23. The van der Waals surface area contributed by atoms with Crippen molar-refractivity contribution in [3.05, 3.63) is 17.5 Å². The van der Waals surface area contributed by atoms with Gasteiger partial charge in [-0.1, -0.05) is 24.3 Å². The van der Waals surface area contributed by atoms with Crippen molar-refractivity contribution in [2.75, 3.05) is 36.8 Å². The highest BCUT2D eigenvalue weighted by Crippen LogP contribution is 2.31. The van der Waals surface area contributed by atoms with E-state index in [2.05, 4.69) is 23.4 Å². The van der Waals surface area contributed by atoms with Gasteiger partial charge in [-0.05, 0) is 25.7 Å². The van der Waals surface area contributed by atoms with E-state index in [0.717, 1.165) is 24.6 Å². The molecular weight excluding hydrogens is 284 g/mol. The molecule has 0 atom stereocenters. The second-order valence-electron chi connectivity index (χ2n) is 5.30. The number of hydrogen-bond donors (Lipinski definition) is 1. The SMILES string of the molecule is C=CCN(CCC)C(=O)c1sc(N2CCCCC2)nc1N. The lowest BCUT2D eigenvalue weighted by Crippen LogP contribution is -2.31. The number of rotatable bonds is 6. The van der Waals surface area contributed by atoms with Gasteiger partial charge in [0.15, 0.2) is 5.13 Å². The number of thiazole rings is 1. The normalized spacial score (nSPS) is 15.0. The number of hydrogen-bond acceptors (Lipinski definition) is 5. The van der Waals surface area contributed by atoms with E-state index in [4.69, 9.17) is 5.73 Å². The average molecular weight is 308 g/mol. The number of amides is 1.